The molecule has 1 heterocycles. The lowest BCUT2D eigenvalue weighted by molar-refractivity contribution is -0.00177. The van der Waals surface area contributed by atoms with Crippen LogP contribution in [-0.2, 0) is 21.8 Å². The summed E-state index contributed by atoms with van der Waals surface area (Å²) in [5.74, 6) is 0.563. The standard InChI is InChI=1S/C15H27N3O3S/c1-11-7-5-6-8-14(11)21-10-9-16-22(19,20)15-12(2)17-18(4)13(15)3/h11,14,16H,5-10H2,1-4H3/t11-,14+/m1/s1. The van der Waals surface area contributed by atoms with Gasteiger partial charge in [0.1, 0.15) is 4.90 Å². The summed E-state index contributed by atoms with van der Waals surface area (Å²) in [7, 11) is -1.79. The van der Waals surface area contributed by atoms with E-state index in [0.29, 0.717) is 30.5 Å². The van der Waals surface area contributed by atoms with Gasteiger partial charge in [-0.3, -0.25) is 4.68 Å². The summed E-state index contributed by atoms with van der Waals surface area (Å²) >= 11 is 0. The van der Waals surface area contributed by atoms with Crippen LogP contribution in [0.3, 0.4) is 0 Å². The molecule has 1 aliphatic carbocycles. The van der Waals surface area contributed by atoms with E-state index in [-0.39, 0.29) is 11.0 Å². The average Bonchev–Trinajstić information content (AvgIpc) is 2.70. The second kappa shape index (κ2) is 7.10. The van der Waals surface area contributed by atoms with Gasteiger partial charge in [-0.25, -0.2) is 13.1 Å². The van der Waals surface area contributed by atoms with Gasteiger partial charge in [0.2, 0.25) is 10.0 Å². The van der Waals surface area contributed by atoms with Crippen LogP contribution in [0.5, 0.6) is 0 Å². The molecule has 1 aromatic rings. The predicted molar refractivity (Wildman–Crippen MR) is 85.2 cm³/mol. The van der Waals surface area contributed by atoms with Crippen molar-refractivity contribution in [3.8, 4) is 0 Å². The van der Waals surface area contributed by atoms with E-state index < -0.39 is 10.0 Å². The van der Waals surface area contributed by atoms with Crippen molar-refractivity contribution in [1.82, 2.24) is 14.5 Å². The molecule has 2 atom stereocenters. The lowest BCUT2D eigenvalue weighted by Crippen LogP contribution is -2.32. The first-order valence-electron chi connectivity index (χ1n) is 7.94. The van der Waals surface area contributed by atoms with Crippen LogP contribution >= 0.6 is 0 Å². The summed E-state index contributed by atoms with van der Waals surface area (Å²) in [6.07, 6.45) is 5.02. The van der Waals surface area contributed by atoms with E-state index in [1.54, 1.807) is 25.6 Å². The van der Waals surface area contributed by atoms with Crippen molar-refractivity contribution in [2.24, 2.45) is 13.0 Å². The molecular weight excluding hydrogens is 302 g/mol. The van der Waals surface area contributed by atoms with Crippen molar-refractivity contribution in [1.29, 1.82) is 0 Å². The van der Waals surface area contributed by atoms with E-state index in [9.17, 15) is 8.42 Å². The van der Waals surface area contributed by atoms with Crippen LogP contribution in [0.25, 0.3) is 0 Å². The zero-order valence-corrected chi connectivity index (χ0v) is 14.7. The number of hydrogen-bond donors (Lipinski definition) is 1. The maximum atomic E-state index is 12.4. The number of aromatic nitrogens is 2. The molecule has 0 bridgehead atoms. The summed E-state index contributed by atoms with van der Waals surface area (Å²) in [6, 6.07) is 0. The Labute approximate surface area is 133 Å². The zero-order valence-electron chi connectivity index (χ0n) is 13.9. The molecule has 0 radical (unpaired) electrons. The first-order chi connectivity index (χ1) is 10.3. The van der Waals surface area contributed by atoms with Crippen LogP contribution in [0.4, 0.5) is 0 Å². The Hall–Kier alpha value is -0.920. The van der Waals surface area contributed by atoms with Crippen molar-refractivity contribution in [2.75, 3.05) is 13.2 Å². The van der Waals surface area contributed by atoms with Gasteiger partial charge in [0.25, 0.3) is 0 Å². The molecular formula is C15H27N3O3S. The van der Waals surface area contributed by atoms with Gasteiger partial charge in [-0.05, 0) is 32.6 Å². The summed E-state index contributed by atoms with van der Waals surface area (Å²) < 4.78 is 34.8. The van der Waals surface area contributed by atoms with Crippen molar-refractivity contribution in [2.45, 2.75) is 57.5 Å². The highest BCUT2D eigenvalue weighted by molar-refractivity contribution is 7.89. The molecule has 7 heteroatoms. The molecule has 22 heavy (non-hydrogen) atoms. The minimum atomic E-state index is -3.53. The monoisotopic (exact) mass is 329 g/mol. The number of sulfonamides is 1. The topological polar surface area (TPSA) is 73.2 Å². The molecule has 0 amide bonds. The lowest BCUT2D eigenvalue weighted by Gasteiger charge is -2.28. The van der Waals surface area contributed by atoms with Crippen molar-refractivity contribution in [3.63, 3.8) is 0 Å². The molecule has 1 fully saturated rings. The highest BCUT2D eigenvalue weighted by Crippen LogP contribution is 2.26. The average molecular weight is 329 g/mol. The summed E-state index contributed by atoms with van der Waals surface area (Å²) in [4.78, 5) is 0.279. The Balaban J connectivity index is 1.88. The van der Waals surface area contributed by atoms with Crippen molar-refractivity contribution in [3.05, 3.63) is 11.4 Å². The van der Waals surface area contributed by atoms with Crippen molar-refractivity contribution >= 4 is 10.0 Å². The van der Waals surface area contributed by atoms with E-state index in [1.807, 2.05) is 0 Å². The Morgan fingerprint density at radius 2 is 2.00 bits per heavy atom. The van der Waals surface area contributed by atoms with Crippen LogP contribution in [0.2, 0.25) is 0 Å². The highest BCUT2D eigenvalue weighted by atomic mass is 32.2. The minimum absolute atomic E-state index is 0.264. The van der Waals surface area contributed by atoms with E-state index in [2.05, 4.69) is 16.7 Å². The molecule has 1 aromatic heterocycles. The van der Waals surface area contributed by atoms with Crippen LogP contribution in [0.1, 0.15) is 44.0 Å². The van der Waals surface area contributed by atoms with Gasteiger partial charge in [-0.15, -0.1) is 0 Å². The fraction of sp³-hybridized carbons (Fsp3) is 0.800. The Morgan fingerprint density at radius 1 is 1.32 bits per heavy atom. The molecule has 6 nitrogen and oxygen atoms in total. The second-order valence-corrected chi connectivity index (χ2v) is 7.90. The van der Waals surface area contributed by atoms with Crippen LogP contribution in [-0.4, -0.2) is 37.5 Å². The summed E-state index contributed by atoms with van der Waals surface area (Å²) in [6.45, 7) is 6.37. The Bertz CT molecular complexity index is 610. The number of aryl methyl sites for hydroxylation is 2. The van der Waals surface area contributed by atoms with Crippen molar-refractivity contribution < 1.29 is 13.2 Å². The SMILES string of the molecule is Cc1nn(C)c(C)c1S(=O)(=O)NCCO[C@H]1CCCC[C@H]1C. The number of rotatable bonds is 6. The lowest BCUT2D eigenvalue weighted by atomic mass is 9.88. The van der Waals surface area contributed by atoms with E-state index in [1.165, 1.54) is 19.3 Å². The molecule has 1 saturated carbocycles. The fourth-order valence-corrected chi connectivity index (χ4v) is 4.58. The molecule has 0 unspecified atom stereocenters. The van der Waals surface area contributed by atoms with Gasteiger partial charge in [0.15, 0.2) is 0 Å². The van der Waals surface area contributed by atoms with Gasteiger partial charge < -0.3 is 4.74 Å². The van der Waals surface area contributed by atoms with Gasteiger partial charge in [0.05, 0.1) is 24.1 Å². The maximum absolute atomic E-state index is 12.4. The molecule has 0 aliphatic heterocycles. The zero-order chi connectivity index (χ0) is 16.3. The number of nitrogens with one attached hydrogen (secondary N) is 1. The first kappa shape index (κ1) is 17.4. The normalized spacial score (nSPS) is 22.9. The third-order valence-electron chi connectivity index (χ3n) is 4.47. The number of nitrogens with zero attached hydrogens (tertiary/aromatic N) is 2. The molecule has 126 valence electrons. The largest absolute Gasteiger partial charge is 0.377 e. The van der Waals surface area contributed by atoms with Crippen LogP contribution in [0, 0.1) is 19.8 Å². The van der Waals surface area contributed by atoms with Crippen LogP contribution < -0.4 is 4.72 Å². The molecule has 0 aromatic carbocycles. The van der Waals surface area contributed by atoms with Crippen LogP contribution in [0.15, 0.2) is 4.90 Å². The summed E-state index contributed by atoms with van der Waals surface area (Å²) in [5.41, 5.74) is 1.17. The quantitative estimate of drug-likeness (QED) is 0.809. The van der Waals surface area contributed by atoms with Gasteiger partial charge in [-0.2, -0.15) is 5.10 Å². The first-order valence-corrected chi connectivity index (χ1v) is 9.42. The van der Waals surface area contributed by atoms with E-state index in [4.69, 9.17) is 4.74 Å². The molecule has 1 aliphatic rings. The highest BCUT2D eigenvalue weighted by Gasteiger charge is 2.24. The fourth-order valence-electron chi connectivity index (χ4n) is 3.13. The number of ether oxygens (including phenoxy) is 1. The van der Waals surface area contributed by atoms with E-state index in [0.717, 1.165) is 6.42 Å². The third kappa shape index (κ3) is 3.88. The molecule has 0 saturated heterocycles. The van der Waals surface area contributed by atoms with Gasteiger partial charge in [-0.1, -0.05) is 19.8 Å². The maximum Gasteiger partial charge on any atom is 0.244 e. The Morgan fingerprint density at radius 3 is 2.59 bits per heavy atom. The molecule has 0 spiro atoms. The Kier molecular flexibility index (Phi) is 5.63. The predicted octanol–water partition coefficient (Wildman–Crippen LogP) is 1.91. The third-order valence-corrected chi connectivity index (χ3v) is 6.18. The van der Waals surface area contributed by atoms with E-state index >= 15 is 0 Å². The van der Waals surface area contributed by atoms with Gasteiger partial charge >= 0.3 is 0 Å². The molecule has 2 rings (SSSR count). The van der Waals surface area contributed by atoms with Gasteiger partial charge in [0, 0.05) is 13.6 Å². The summed E-state index contributed by atoms with van der Waals surface area (Å²) in [5, 5.41) is 4.15. The smallest absolute Gasteiger partial charge is 0.244 e. The number of hydrogen-bond acceptors (Lipinski definition) is 4. The molecule has 1 N–H and O–H groups in total. The second-order valence-electron chi connectivity index (χ2n) is 6.19. The minimum Gasteiger partial charge on any atom is -0.377 e.